The molecule has 66 valence electrons. The van der Waals surface area contributed by atoms with E-state index in [0.29, 0.717) is 11.7 Å². The van der Waals surface area contributed by atoms with Crippen molar-refractivity contribution in [2.24, 2.45) is 11.3 Å². The van der Waals surface area contributed by atoms with E-state index in [2.05, 4.69) is 26.2 Å². The largest absolute Gasteiger partial charge is 0.300 e. The normalized spacial score (nSPS) is 23.8. The van der Waals surface area contributed by atoms with E-state index < -0.39 is 0 Å². The molecule has 0 heterocycles. The van der Waals surface area contributed by atoms with Gasteiger partial charge in [0.15, 0.2) is 0 Å². The van der Waals surface area contributed by atoms with Crippen LogP contribution in [0.1, 0.15) is 33.1 Å². The fourth-order valence-electron chi connectivity index (χ4n) is 1.83. The van der Waals surface area contributed by atoms with Gasteiger partial charge in [0.1, 0.15) is 5.78 Å². The molecule has 1 unspecified atom stereocenters. The van der Waals surface area contributed by atoms with Crippen molar-refractivity contribution < 1.29 is 4.79 Å². The molecule has 0 spiro atoms. The molecule has 0 aromatic carbocycles. The third-order valence-electron chi connectivity index (χ3n) is 2.77. The molecule has 0 aromatic rings. The van der Waals surface area contributed by atoms with E-state index in [1.807, 2.05) is 6.08 Å². The molecule has 1 fully saturated rings. The van der Waals surface area contributed by atoms with E-state index >= 15 is 0 Å². The number of hydrogen-bond donors (Lipinski definition) is 0. The van der Waals surface area contributed by atoms with Gasteiger partial charge in [-0.15, -0.1) is 5.73 Å². The summed E-state index contributed by atoms with van der Waals surface area (Å²) in [7, 11) is 0. The van der Waals surface area contributed by atoms with Crippen LogP contribution in [0, 0.1) is 11.3 Å². The maximum Gasteiger partial charge on any atom is 0.133 e. The number of Topliss-reactive ketones (excluding diaryl/α,β-unsaturated/α-hetero) is 1. The highest BCUT2D eigenvalue weighted by molar-refractivity contribution is 5.80. The third kappa shape index (κ3) is 1.86. The van der Waals surface area contributed by atoms with Gasteiger partial charge in [-0.25, -0.2) is 0 Å². The molecule has 0 saturated heterocycles. The molecule has 0 N–H and O–H groups in total. The lowest BCUT2D eigenvalue weighted by Crippen LogP contribution is -2.18. The van der Waals surface area contributed by atoms with Crippen molar-refractivity contribution in [3.63, 3.8) is 0 Å². The van der Waals surface area contributed by atoms with Crippen molar-refractivity contribution in [3.8, 4) is 0 Å². The Morgan fingerprint density at radius 2 is 2.33 bits per heavy atom. The van der Waals surface area contributed by atoms with Gasteiger partial charge in [0.2, 0.25) is 0 Å². The van der Waals surface area contributed by atoms with Crippen LogP contribution in [0.15, 0.2) is 18.4 Å². The second-order valence-corrected chi connectivity index (χ2v) is 4.15. The summed E-state index contributed by atoms with van der Waals surface area (Å²) < 4.78 is 0. The van der Waals surface area contributed by atoms with E-state index in [1.54, 1.807) is 0 Å². The van der Waals surface area contributed by atoms with Gasteiger partial charge in [-0.2, -0.15) is 0 Å². The smallest absolute Gasteiger partial charge is 0.133 e. The zero-order valence-corrected chi connectivity index (χ0v) is 7.89. The molecule has 1 atom stereocenters. The van der Waals surface area contributed by atoms with Gasteiger partial charge in [-0.1, -0.05) is 20.4 Å². The molecule has 12 heavy (non-hydrogen) atoms. The van der Waals surface area contributed by atoms with Crippen molar-refractivity contribution in [1.29, 1.82) is 0 Å². The van der Waals surface area contributed by atoms with Gasteiger partial charge in [0.25, 0.3) is 0 Å². The quantitative estimate of drug-likeness (QED) is 0.573. The van der Waals surface area contributed by atoms with Crippen molar-refractivity contribution in [2.75, 3.05) is 0 Å². The lowest BCUT2D eigenvalue weighted by molar-refractivity contribution is -0.117. The topological polar surface area (TPSA) is 17.1 Å². The predicted molar refractivity (Wildman–Crippen MR) is 49.8 cm³/mol. The number of carbonyl (C=O) groups excluding carboxylic acids is 1. The van der Waals surface area contributed by atoms with Gasteiger partial charge in [-0.05, 0) is 23.8 Å². The summed E-state index contributed by atoms with van der Waals surface area (Å²) in [5.74, 6) is 0.907. The summed E-state index contributed by atoms with van der Waals surface area (Å²) in [6, 6.07) is 0. The summed E-state index contributed by atoms with van der Waals surface area (Å²) in [6.45, 7) is 7.87. The van der Waals surface area contributed by atoms with Crippen LogP contribution in [-0.2, 0) is 4.79 Å². The van der Waals surface area contributed by atoms with Crippen LogP contribution in [-0.4, -0.2) is 5.78 Å². The molecule has 0 amide bonds. The van der Waals surface area contributed by atoms with Crippen LogP contribution < -0.4 is 0 Å². The minimum Gasteiger partial charge on any atom is -0.300 e. The van der Waals surface area contributed by atoms with Gasteiger partial charge in [-0.3, -0.25) is 4.79 Å². The van der Waals surface area contributed by atoms with Crippen LogP contribution >= 0.6 is 0 Å². The number of ketones is 1. The second kappa shape index (κ2) is 3.28. The van der Waals surface area contributed by atoms with Crippen molar-refractivity contribution in [2.45, 2.75) is 33.1 Å². The monoisotopic (exact) mass is 164 g/mol. The second-order valence-electron chi connectivity index (χ2n) is 4.15. The van der Waals surface area contributed by atoms with E-state index in [-0.39, 0.29) is 5.41 Å². The van der Waals surface area contributed by atoms with E-state index in [4.69, 9.17) is 0 Å². The predicted octanol–water partition coefficient (Wildman–Crippen LogP) is 2.72. The molecule has 1 saturated carbocycles. The van der Waals surface area contributed by atoms with E-state index in [1.165, 1.54) is 0 Å². The third-order valence-corrected chi connectivity index (χ3v) is 2.77. The average molecular weight is 164 g/mol. The molecule has 1 rings (SSSR count). The first kappa shape index (κ1) is 9.28. The van der Waals surface area contributed by atoms with Crippen LogP contribution in [0.3, 0.4) is 0 Å². The Morgan fingerprint density at radius 1 is 1.67 bits per heavy atom. The maximum absolute atomic E-state index is 11.1. The molecule has 1 heteroatoms. The van der Waals surface area contributed by atoms with Gasteiger partial charge < -0.3 is 0 Å². The zero-order valence-electron chi connectivity index (χ0n) is 7.89. The highest BCUT2D eigenvalue weighted by Crippen LogP contribution is 2.38. The van der Waals surface area contributed by atoms with Crippen LogP contribution in [0.4, 0.5) is 0 Å². The first-order valence-corrected chi connectivity index (χ1v) is 4.45. The Kier molecular flexibility index (Phi) is 2.54. The van der Waals surface area contributed by atoms with Crippen LogP contribution in [0.2, 0.25) is 0 Å². The summed E-state index contributed by atoms with van der Waals surface area (Å²) in [5.41, 5.74) is 2.90. The van der Waals surface area contributed by atoms with Crippen LogP contribution in [0.5, 0.6) is 0 Å². The standard InChI is InChI=1S/C11H16O/c1-4-7-11(2,3)9-5-6-10(12)8-9/h7,9H,1,5-6,8H2,2-3H3. The minimum absolute atomic E-state index is 0.0912. The maximum atomic E-state index is 11.1. The first-order valence-electron chi connectivity index (χ1n) is 4.45. The van der Waals surface area contributed by atoms with Gasteiger partial charge in [0.05, 0.1) is 0 Å². The Balaban J connectivity index is 2.69. The summed E-state index contributed by atoms with van der Waals surface area (Å²) in [6.07, 6.45) is 4.52. The molecule has 1 aliphatic rings. The van der Waals surface area contributed by atoms with Gasteiger partial charge >= 0.3 is 0 Å². The molecule has 1 aliphatic carbocycles. The van der Waals surface area contributed by atoms with Crippen molar-refractivity contribution >= 4 is 5.78 Å². The Morgan fingerprint density at radius 3 is 2.75 bits per heavy atom. The minimum atomic E-state index is 0.0912. The molecular formula is C11H16O. The highest BCUT2D eigenvalue weighted by Gasteiger charge is 2.33. The number of carbonyl (C=O) groups is 1. The summed E-state index contributed by atoms with van der Waals surface area (Å²) in [5, 5.41) is 0. The number of allylic oxidation sites excluding steroid dienone is 1. The SMILES string of the molecule is C=C=CC(C)(C)C1CCC(=O)C1. The van der Waals surface area contributed by atoms with Crippen LogP contribution in [0.25, 0.3) is 0 Å². The molecular weight excluding hydrogens is 148 g/mol. The van der Waals surface area contributed by atoms with Crippen molar-refractivity contribution in [1.82, 2.24) is 0 Å². The molecule has 1 nitrogen and oxygen atoms in total. The van der Waals surface area contributed by atoms with E-state index in [0.717, 1.165) is 19.3 Å². The average Bonchev–Trinajstić information content (AvgIpc) is 2.36. The molecule has 0 bridgehead atoms. The lowest BCUT2D eigenvalue weighted by atomic mass is 9.78. The first-order chi connectivity index (χ1) is 5.56. The Labute approximate surface area is 74.2 Å². The van der Waals surface area contributed by atoms with Crippen molar-refractivity contribution in [3.05, 3.63) is 18.4 Å². The fourth-order valence-corrected chi connectivity index (χ4v) is 1.83. The van der Waals surface area contributed by atoms with Gasteiger partial charge in [0, 0.05) is 12.8 Å². The summed E-state index contributed by atoms with van der Waals surface area (Å²) >= 11 is 0. The Bertz CT molecular complexity index is 231. The zero-order chi connectivity index (χ0) is 9.19. The number of hydrogen-bond acceptors (Lipinski definition) is 1. The lowest BCUT2D eigenvalue weighted by Gasteiger charge is -2.26. The fraction of sp³-hybridized carbons (Fsp3) is 0.636. The Hall–Kier alpha value is -0.810. The highest BCUT2D eigenvalue weighted by atomic mass is 16.1. The van der Waals surface area contributed by atoms with E-state index in [9.17, 15) is 4.79 Å². The molecule has 0 radical (unpaired) electrons. The molecule has 0 aliphatic heterocycles. The summed E-state index contributed by atoms with van der Waals surface area (Å²) in [4.78, 5) is 11.1. The molecule has 0 aromatic heterocycles. The number of rotatable bonds is 2.